The molecule has 27 heavy (non-hydrogen) atoms. The van der Waals surface area contributed by atoms with Crippen molar-refractivity contribution < 1.29 is 23.9 Å². The lowest BCUT2D eigenvalue weighted by molar-refractivity contribution is -0.155. The van der Waals surface area contributed by atoms with Crippen molar-refractivity contribution >= 4 is 23.8 Å². The smallest absolute Gasteiger partial charge is 0.329 e. The van der Waals surface area contributed by atoms with Crippen molar-refractivity contribution in [1.82, 2.24) is 16.0 Å². The molecule has 0 aliphatic heterocycles. The van der Waals surface area contributed by atoms with Gasteiger partial charge in [-0.3, -0.25) is 14.9 Å². The predicted octanol–water partition coefficient (Wildman–Crippen LogP) is 1.67. The monoisotopic (exact) mass is 377 g/mol. The fourth-order valence-electron chi connectivity index (χ4n) is 2.04. The average Bonchev–Trinajstić information content (AvgIpc) is 2.52. The van der Waals surface area contributed by atoms with Crippen LogP contribution in [0, 0.1) is 6.92 Å². The number of imide groups is 1. The van der Waals surface area contributed by atoms with Crippen LogP contribution in [0.3, 0.4) is 0 Å². The first-order chi connectivity index (χ1) is 12.4. The second kappa shape index (κ2) is 9.16. The van der Waals surface area contributed by atoms with Gasteiger partial charge in [-0.05, 0) is 53.7 Å². The lowest BCUT2D eigenvalue weighted by Gasteiger charge is -2.21. The van der Waals surface area contributed by atoms with Crippen molar-refractivity contribution in [2.24, 2.45) is 0 Å². The molecule has 0 radical (unpaired) electrons. The number of hydrogen-bond donors (Lipinski definition) is 3. The summed E-state index contributed by atoms with van der Waals surface area (Å²) in [5.41, 5.74) is 0.815. The van der Waals surface area contributed by atoms with Gasteiger partial charge in [-0.1, -0.05) is 17.7 Å². The Hall–Kier alpha value is -2.90. The summed E-state index contributed by atoms with van der Waals surface area (Å²) in [4.78, 5) is 47.9. The summed E-state index contributed by atoms with van der Waals surface area (Å²) in [5.74, 6) is -1.97. The number of rotatable bonds is 5. The molecule has 2 atom stereocenters. The Morgan fingerprint density at radius 2 is 1.70 bits per heavy atom. The Kier molecular flexibility index (Phi) is 7.51. The van der Waals surface area contributed by atoms with Gasteiger partial charge in [0.25, 0.3) is 11.8 Å². The minimum absolute atomic E-state index is 0.416. The molecule has 0 bridgehead atoms. The molecule has 148 valence electrons. The molecule has 0 aromatic heterocycles. The van der Waals surface area contributed by atoms with Crippen LogP contribution in [0.5, 0.6) is 0 Å². The highest BCUT2D eigenvalue weighted by Crippen LogP contribution is 2.05. The van der Waals surface area contributed by atoms with Crippen LogP contribution >= 0.6 is 0 Å². The number of aryl methyl sites for hydroxylation is 1. The minimum atomic E-state index is -1.19. The van der Waals surface area contributed by atoms with Gasteiger partial charge in [-0.2, -0.15) is 0 Å². The Morgan fingerprint density at radius 3 is 2.26 bits per heavy atom. The highest BCUT2D eigenvalue weighted by Gasteiger charge is 2.25. The molecule has 4 amide bonds. The zero-order chi connectivity index (χ0) is 20.8. The summed E-state index contributed by atoms with van der Waals surface area (Å²) >= 11 is 0. The predicted molar refractivity (Wildman–Crippen MR) is 100 cm³/mol. The lowest BCUT2D eigenvalue weighted by atomic mass is 10.1. The summed E-state index contributed by atoms with van der Waals surface area (Å²) in [6, 6.07) is 5.27. The van der Waals surface area contributed by atoms with Crippen LogP contribution in [-0.4, -0.2) is 41.5 Å². The molecule has 8 nitrogen and oxygen atoms in total. The highest BCUT2D eigenvalue weighted by atomic mass is 16.5. The number of hydrogen-bond acceptors (Lipinski definition) is 5. The van der Waals surface area contributed by atoms with Gasteiger partial charge in [0.1, 0.15) is 6.04 Å². The average molecular weight is 377 g/mol. The molecule has 0 heterocycles. The maximum atomic E-state index is 12.2. The maximum absolute atomic E-state index is 12.2. The number of benzene rings is 1. The number of ether oxygens (including phenoxy) is 1. The second-order valence-electron chi connectivity index (χ2n) is 7.34. The van der Waals surface area contributed by atoms with E-state index in [1.54, 1.807) is 39.0 Å². The van der Waals surface area contributed by atoms with E-state index in [9.17, 15) is 19.2 Å². The van der Waals surface area contributed by atoms with Crippen molar-refractivity contribution in [3.63, 3.8) is 0 Å². The van der Waals surface area contributed by atoms with E-state index in [0.717, 1.165) is 5.56 Å². The fourth-order valence-corrected chi connectivity index (χ4v) is 2.04. The number of nitrogens with one attached hydrogen (secondary N) is 3. The molecule has 1 rings (SSSR count). The molecule has 0 fully saturated rings. The van der Waals surface area contributed by atoms with Crippen molar-refractivity contribution in [3.8, 4) is 0 Å². The Bertz CT molecular complexity index is 724. The van der Waals surface area contributed by atoms with Crippen LogP contribution in [0.2, 0.25) is 0 Å². The number of urea groups is 1. The van der Waals surface area contributed by atoms with Crippen LogP contribution in [0.1, 0.15) is 50.5 Å². The largest absolute Gasteiger partial charge is 0.451 e. The van der Waals surface area contributed by atoms with E-state index in [2.05, 4.69) is 16.0 Å². The summed E-state index contributed by atoms with van der Waals surface area (Å²) in [5, 5.41) is 7.18. The van der Waals surface area contributed by atoms with E-state index < -0.39 is 41.5 Å². The van der Waals surface area contributed by atoms with Gasteiger partial charge in [-0.15, -0.1) is 0 Å². The molecule has 0 aliphatic rings. The lowest BCUT2D eigenvalue weighted by Crippen LogP contribution is -2.51. The molecule has 0 unspecified atom stereocenters. The summed E-state index contributed by atoms with van der Waals surface area (Å²) < 4.78 is 5.02. The first kappa shape index (κ1) is 22.1. The van der Waals surface area contributed by atoms with Gasteiger partial charge in [0.05, 0.1) is 0 Å². The Balaban J connectivity index is 2.55. The van der Waals surface area contributed by atoms with E-state index >= 15 is 0 Å². The van der Waals surface area contributed by atoms with E-state index in [-0.39, 0.29) is 0 Å². The molecule has 0 aliphatic carbocycles. The van der Waals surface area contributed by atoms with Crippen LogP contribution < -0.4 is 16.0 Å². The Labute approximate surface area is 159 Å². The highest BCUT2D eigenvalue weighted by molar-refractivity contribution is 5.99. The second-order valence-corrected chi connectivity index (χ2v) is 7.34. The van der Waals surface area contributed by atoms with Gasteiger partial charge >= 0.3 is 12.0 Å². The number of esters is 1. The van der Waals surface area contributed by atoms with Crippen molar-refractivity contribution in [3.05, 3.63) is 35.4 Å². The van der Waals surface area contributed by atoms with E-state index in [1.165, 1.54) is 13.8 Å². The summed E-state index contributed by atoms with van der Waals surface area (Å²) in [7, 11) is 0. The third-order valence-electron chi connectivity index (χ3n) is 3.37. The molecule has 0 spiro atoms. The molecule has 1 aromatic rings. The molecule has 8 heteroatoms. The summed E-state index contributed by atoms with van der Waals surface area (Å²) in [6.45, 7) is 9.93. The standard InChI is InChI=1S/C19H27N3O5/c1-11-8-7-9-14(10-11)16(24)20-12(2)17(25)27-13(3)15(23)21-18(26)22-19(4,5)6/h7-10,12-13H,1-6H3,(H,20,24)(H2,21,22,23,26)/t12-,13+/m0/s1. The zero-order valence-electron chi connectivity index (χ0n) is 16.5. The van der Waals surface area contributed by atoms with Crippen LogP contribution in [-0.2, 0) is 14.3 Å². The zero-order valence-corrected chi connectivity index (χ0v) is 16.5. The Morgan fingerprint density at radius 1 is 1.07 bits per heavy atom. The van der Waals surface area contributed by atoms with Gasteiger partial charge in [0.2, 0.25) is 0 Å². The van der Waals surface area contributed by atoms with Gasteiger partial charge in [0, 0.05) is 11.1 Å². The van der Waals surface area contributed by atoms with E-state index in [1.807, 2.05) is 13.0 Å². The SMILES string of the molecule is Cc1cccc(C(=O)N[C@@H](C)C(=O)O[C@H](C)C(=O)NC(=O)NC(C)(C)C)c1. The third kappa shape index (κ3) is 7.89. The van der Waals surface area contributed by atoms with Gasteiger partial charge in [-0.25, -0.2) is 9.59 Å². The van der Waals surface area contributed by atoms with Gasteiger partial charge < -0.3 is 15.4 Å². The molecule has 0 saturated carbocycles. The molecule has 3 N–H and O–H groups in total. The summed E-state index contributed by atoms with van der Waals surface area (Å²) in [6.07, 6.45) is -1.19. The maximum Gasteiger partial charge on any atom is 0.329 e. The number of amides is 4. The van der Waals surface area contributed by atoms with Crippen molar-refractivity contribution in [2.45, 2.75) is 59.2 Å². The molecule has 0 saturated heterocycles. The van der Waals surface area contributed by atoms with Crippen LogP contribution in [0.25, 0.3) is 0 Å². The topological polar surface area (TPSA) is 114 Å². The van der Waals surface area contributed by atoms with E-state index in [4.69, 9.17) is 4.74 Å². The fraction of sp³-hybridized carbons (Fsp3) is 0.474. The van der Waals surface area contributed by atoms with Crippen LogP contribution in [0.4, 0.5) is 4.79 Å². The molecular weight excluding hydrogens is 350 g/mol. The van der Waals surface area contributed by atoms with Gasteiger partial charge in [0.15, 0.2) is 6.10 Å². The van der Waals surface area contributed by atoms with Crippen molar-refractivity contribution in [2.75, 3.05) is 0 Å². The van der Waals surface area contributed by atoms with E-state index in [0.29, 0.717) is 5.56 Å². The van der Waals surface area contributed by atoms with Crippen molar-refractivity contribution in [1.29, 1.82) is 0 Å². The van der Waals surface area contributed by atoms with Crippen LogP contribution in [0.15, 0.2) is 24.3 Å². The first-order valence-corrected chi connectivity index (χ1v) is 8.60. The minimum Gasteiger partial charge on any atom is -0.451 e. The molecule has 1 aromatic carbocycles. The quantitative estimate of drug-likeness (QED) is 0.676. The first-order valence-electron chi connectivity index (χ1n) is 8.60. The third-order valence-corrected chi connectivity index (χ3v) is 3.37. The number of carbonyl (C=O) groups excluding carboxylic acids is 4. The number of carbonyl (C=O) groups is 4. The normalized spacial score (nSPS) is 13.1. The molecular formula is C19H27N3O5.